The fourth-order valence-corrected chi connectivity index (χ4v) is 3.17. The van der Waals surface area contributed by atoms with Gasteiger partial charge in [-0.3, -0.25) is 14.7 Å². The van der Waals surface area contributed by atoms with E-state index in [1.165, 1.54) is 0 Å². The summed E-state index contributed by atoms with van der Waals surface area (Å²) >= 11 is 0. The van der Waals surface area contributed by atoms with Crippen LogP contribution in [0.1, 0.15) is 61.5 Å². The summed E-state index contributed by atoms with van der Waals surface area (Å²) < 4.78 is 0. The Morgan fingerprint density at radius 3 is 2.32 bits per heavy atom. The number of H-pyrrole nitrogens is 1. The molecule has 1 aromatic heterocycles. The number of nitrogens with one attached hydrogen (secondary N) is 2. The van der Waals surface area contributed by atoms with Gasteiger partial charge in [0.15, 0.2) is 6.04 Å². The zero-order valence-corrected chi connectivity index (χ0v) is 14.8. The number of carbonyl (C=O) groups is 3. The van der Waals surface area contributed by atoms with Crippen LogP contribution in [0.25, 0.3) is 0 Å². The monoisotopic (exact) mass is 350 g/mol. The van der Waals surface area contributed by atoms with Gasteiger partial charge in [0.2, 0.25) is 11.8 Å². The zero-order valence-electron chi connectivity index (χ0n) is 14.8. The van der Waals surface area contributed by atoms with E-state index in [2.05, 4.69) is 15.5 Å². The molecule has 0 aromatic carbocycles. The van der Waals surface area contributed by atoms with Crippen molar-refractivity contribution in [1.29, 1.82) is 0 Å². The molecule has 25 heavy (non-hydrogen) atoms. The molecular formula is C17H26N4O4. The number of aliphatic carboxylic acids is 1. The molecule has 0 saturated carbocycles. The highest BCUT2D eigenvalue weighted by Crippen LogP contribution is 2.20. The van der Waals surface area contributed by atoms with Crippen LogP contribution >= 0.6 is 0 Å². The normalized spacial score (nSPS) is 16.2. The maximum absolute atomic E-state index is 12.2. The third kappa shape index (κ3) is 5.04. The van der Waals surface area contributed by atoms with Crippen molar-refractivity contribution in [2.75, 3.05) is 13.1 Å². The summed E-state index contributed by atoms with van der Waals surface area (Å²) in [4.78, 5) is 37.7. The van der Waals surface area contributed by atoms with E-state index in [1.807, 2.05) is 0 Å². The standard InChI is InChI=1S/C17H26N4O4/c1-11-15(12(2)20-19-11)16(17(24)25)18-13(22)7-8-14(23)21-9-5-3-4-6-10-21/h16H,3-10H2,1-2H3,(H,18,22)(H,19,20)(H,24,25). The van der Waals surface area contributed by atoms with Crippen LogP contribution in [-0.2, 0) is 14.4 Å². The molecular weight excluding hydrogens is 324 g/mol. The molecule has 0 aliphatic carbocycles. The van der Waals surface area contributed by atoms with Gasteiger partial charge in [0.25, 0.3) is 0 Å². The van der Waals surface area contributed by atoms with Crippen LogP contribution in [0.2, 0.25) is 0 Å². The SMILES string of the molecule is Cc1n[nH]c(C)c1C(NC(=O)CCC(=O)N1CCCCCC1)C(=O)O. The van der Waals surface area contributed by atoms with Crippen LogP contribution in [0, 0.1) is 13.8 Å². The van der Waals surface area contributed by atoms with E-state index in [0.29, 0.717) is 17.0 Å². The van der Waals surface area contributed by atoms with Gasteiger partial charge in [0.1, 0.15) is 0 Å². The maximum Gasteiger partial charge on any atom is 0.331 e. The molecule has 1 aliphatic heterocycles. The Labute approximate surface area is 147 Å². The number of aromatic amines is 1. The Bertz CT molecular complexity index is 613. The van der Waals surface area contributed by atoms with Crippen LogP contribution in [0.4, 0.5) is 0 Å². The molecule has 1 atom stereocenters. The fraction of sp³-hybridized carbons (Fsp3) is 0.647. The number of carbonyl (C=O) groups excluding carboxylic acids is 2. The van der Waals surface area contributed by atoms with Gasteiger partial charge in [0, 0.05) is 37.2 Å². The van der Waals surface area contributed by atoms with Crippen LogP contribution < -0.4 is 5.32 Å². The number of likely N-dealkylation sites (tertiary alicyclic amines) is 1. The van der Waals surface area contributed by atoms with E-state index in [4.69, 9.17) is 0 Å². The summed E-state index contributed by atoms with van der Waals surface area (Å²) in [5, 5.41) is 18.6. The van der Waals surface area contributed by atoms with Crippen molar-refractivity contribution in [1.82, 2.24) is 20.4 Å². The van der Waals surface area contributed by atoms with Crippen molar-refractivity contribution >= 4 is 17.8 Å². The quantitative estimate of drug-likeness (QED) is 0.718. The third-order valence-electron chi connectivity index (χ3n) is 4.55. The second-order valence-electron chi connectivity index (χ2n) is 6.48. The zero-order chi connectivity index (χ0) is 18.4. The molecule has 3 N–H and O–H groups in total. The van der Waals surface area contributed by atoms with Gasteiger partial charge in [-0.05, 0) is 26.7 Å². The van der Waals surface area contributed by atoms with E-state index >= 15 is 0 Å². The first-order chi connectivity index (χ1) is 11.9. The van der Waals surface area contributed by atoms with Crippen molar-refractivity contribution in [2.45, 2.75) is 58.4 Å². The van der Waals surface area contributed by atoms with Gasteiger partial charge in [-0.15, -0.1) is 0 Å². The number of carboxylic acids is 1. The first-order valence-corrected chi connectivity index (χ1v) is 8.71. The molecule has 1 fully saturated rings. The summed E-state index contributed by atoms with van der Waals surface area (Å²) in [5.41, 5.74) is 1.59. The fourth-order valence-electron chi connectivity index (χ4n) is 3.17. The maximum atomic E-state index is 12.2. The van der Waals surface area contributed by atoms with Crippen molar-refractivity contribution in [3.8, 4) is 0 Å². The van der Waals surface area contributed by atoms with E-state index in [-0.39, 0.29) is 18.7 Å². The number of hydrogen-bond donors (Lipinski definition) is 3. The molecule has 0 spiro atoms. The third-order valence-corrected chi connectivity index (χ3v) is 4.55. The Balaban J connectivity index is 1.91. The molecule has 1 aliphatic rings. The minimum Gasteiger partial charge on any atom is -0.479 e. The molecule has 8 nitrogen and oxygen atoms in total. The molecule has 0 radical (unpaired) electrons. The highest BCUT2D eigenvalue weighted by molar-refractivity contribution is 5.87. The number of nitrogens with zero attached hydrogens (tertiary/aromatic N) is 2. The van der Waals surface area contributed by atoms with Gasteiger partial charge in [-0.1, -0.05) is 12.8 Å². The minimum absolute atomic E-state index is 0.0188. The predicted octanol–water partition coefficient (Wildman–Crippen LogP) is 1.45. The molecule has 1 unspecified atom stereocenters. The second kappa shape index (κ2) is 8.64. The summed E-state index contributed by atoms with van der Waals surface area (Å²) in [7, 11) is 0. The van der Waals surface area contributed by atoms with Gasteiger partial charge in [0.05, 0.1) is 5.69 Å². The molecule has 2 rings (SSSR count). The predicted molar refractivity (Wildman–Crippen MR) is 90.9 cm³/mol. The Hall–Kier alpha value is -2.38. The lowest BCUT2D eigenvalue weighted by Crippen LogP contribution is -2.36. The van der Waals surface area contributed by atoms with Crippen LogP contribution in [0.5, 0.6) is 0 Å². The van der Waals surface area contributed by atoms with E-state index < -0.39 is 17.9 Å². The number of hydrogen-bond acceptors (Lipinski definition) is 4. The Morgan fingerprint density at radius 2 is 1.80 bits per heavy atom. The average molecular weight is 350 g/mol. The lowest BCUT2D eigenvalue weighted by Gasteiger charge is -2.20. The largest absolute Gasteiger partial charge is 0.479 e. The molecule has 1 aromatic rings. The molecule has 2 heterocycles. The molecule has 1 saturated heterocycles. The first-order valence-electron chi connectivity index (χ1n) is 8.71. The highest BCUT2D eigenvalue weighted by Gasteiger charge is 2.27. The van der Waals surface area contributed by atoms with Crippen molar-refractivity contribution in [2.24, 2.45) is 0 Å². The molecule has 8 heteroatoms. The van der Waals surface area contributed by atoms with Crippen LogP contribution in [0.15, 0.2) is 0 Å². The van der Waals surface area contributed by atoms with Gasteiger partial charge in [-0.25, -0.2) is 4.79 Å². The molecule has 0 bridgehead atoms. The number of aromatic nitrogens is 2. The van der Waals surface area contributed by atoms with Crippen LogP contribution in [-0.4, -0.2) is 51.1 Å². The molecule has 2 amide bonds. The van der Waals surface area contributed by atoms with E-state index in [0.717, 1.165) is 38.8 Å². The number of carboxylic acid groups (broad SMARTS) is 1. The lowest BCUT2D eigenvalue weighted by atomic mass is 10.0. The van der Waals surface area contributed by atoms with Crippen molar-refractivity contribution in [3.63, 3.8) is 0 Å². The molecule has 138 valence electrons. The number of amides is 2. The lowest BCUT2D eigenvalue weighted by molar-refractivity contribution is -0.142. The first kappa shape index (κ1) is 19.0. The summed E-state index contributed by atoms with van der Waals surface area (Å²) in [5.74, 6) is -1.64. The van der Waals surface area contributed by atoms with Crippen molar-refractivity contribution < 1.29 is 19.5 Å². The Morgan fingerprint density at radius 1 is 1.16 bits per heavy atom. The van der Waals surface area contributed by atoms with E-state index in [1.54, 1.807) is 18.7 Å². The second-order valence-corrected chi connectivity index (χ2v) is 6.48. The average Bonchev–Trinajstić information content (AvgIpc) is 2.79. The summed E-state index contributed by atoms with van der Waals surface area (Å²) in [6.45, 7) is 4.88. The topological polar surface area (TPSA) is 115 Å². The van der Waals surface area contributed by atoms with E-state index in [9.17, 15) is 19.5 Å². The smallest absolute Gasteiger partial charge is 0.331 e. The Kier molecular flexibility index (Phi) is 6.55. The highest BCUT2D eigenvalue weighted by atomic mass is 16.4. The summed E-state index contributed by atoms with van der Waals surface area (Å²) in [6, 6.07) is -1.17. The van der Waals surface area contributed by atoms with Crippen LogP contribution in [0.3, 0.4) is 0 Å². The van der Waals surface area contributed by atoms with Gasteiger partial charge in [-0.2, -0.15) is 5.10 Å². The van der Waals surface area contributed by atoms with Gasteiger partial charge >= 0.3 is 5.97 Å². The minimum atomic E-state index is -1.17. The van der Waals surface area contributed by atoms with Gasteiger partial charge < -0.3 is 15.3 Å². The van der Waals surface area contributed by atoms with Crippen molar-refractivity contribution in [3.05, 3.63) is 17.0 Å². The number of aryl methyl sites for hydroxylation is 2. The summed E-state index contributed by atoms with van der Waals surface area (Å²) in [6.07, 6.45) is 4.34. The number of rotatable bonds is 6.